The summed E-state index contributed by atoms with van der Waals surface area (Å²) in [6, 6.07) is 0.234. The summed E-state index contributed by atoms with van der Waals surface area (Å²) in [6.45, 7) is 4.53. The van der Waals surface area contributed by atoms with Crippen molar-refractivity contribution in [3.63, 3.8) is 0 Å². The van der Waals surface area contributed by atoms with Crippen molar-refractivity contribution in [3.8, 4) is 0 Å². The molecule has 0 radical (unpaired) electrons. The molecule has 2 heterocycles. The fraction of sp³-hybridized carbons (Fsp3) is 0.706. The van der Waals surface area contributed by atoms with Crippen LogP contribution in [-0.2, 0) is 16.0 Å². The summed E-state index contributed by atoms with van der Waals surface area (Å²) in [6.07, 6.45) is 2.89. The molecule has 6 heteroatoms. The molecule has 1 aliphatic carbocycles. The summed E-state index contributed by atoms with van der Waals surface area (Å²) in [5, 5.41) is 3.91. The molecule has 0 unspecified atom stereocenters. The van der Waals surface area contributed by atoms with E-state index in [0.29, 0.717) is 24.7 Å². The number of aromatic nitrogens is 1. The number of likely N-dealkylation sites (N-methyl/N-ethyl adjacent to an activating group) is 1. The van der Waals surface area contributed by atoms with Gasteiger partial charge in [-0.05, 0) is 38.5 Å². The van der Waals surface area contributed by atoms with Gasteiger partial charge in [0.2, 0.25) is 11.8 Å². The SMILES string of the molecule is Cc1noc(C)c1CC(=O)N(C)[C@H]1C[C@H]2CC(=O)N(C)C[C@H]2C1. The second kappa shape index (κ2) is 5.98. The number of rotatable bonds is 3. The molecule has 0 bridgehead atoms. The van der Waals surface area contributed by atoms with E-state index >= 15 is 0 Å². The van der Waals surface area contributed by atoms with E-state index in [2.05, 4.69) is 5.16 Å². The topological polar surface area (TPSA) is 66.7 Å². The molecule has 126 valence electrons. The first-order chi connectivity index (χ1) is 10.9. The van der Waals surface area contributed by atoms with Gasteiger partial charge in [0.15, 0.2) is 0 Å². The van der Waals surface area contributed by atoms with Crippen molar-refractivity contribution in [1.29, 1.82) is 0 Å². The van der Waals surface area contributed by atoms with Crippen LogP contribution in [0, 0.1) is 25.7 Å². The Morgan fingerprint density at radius 3 is 2.70 bits per heavy atom. The number of carbonyl (C=O) groups excluding carboxylic acids is 2. The Hall–Kier alpha value is -1.85. The third-order valence-electron chi connectivity index (χ3n) is 5.64. The van der Waals surface area contributed by atoms with Crippen molar-refractivity contribution in [3.05, 3.63) is 17.0 Å². The summed E-state index contributed by atoms with van der Waals surface area (Å²) >= 11 is 0. The molecular formula is C17H25N3O3. The summed E-state index contributed by atoms with van der Waals surface area (Å²) in [4.78, 5) is 28.2. The Bertz CT molecular complexity index is 605. The van der Waals surface area contributed by atoms with E-state index < -0.39 is 0 Å². The van der Waals surface area contributed by atoms with Gasteiger partial charge >= 0.3 is 0 Å². The van der Waals surface area contributed by atoms with Gasteiger partial charge in [-0.25, -0.2) is 0 Å². The van der Waals surface area contributed by atoms with E-state index in [4.69, 9.17) is 4.52 Å². The van der Waals surface area contributed by atoms with E-state index in [0.717, 1.165) is 36.4 Å². The number of carbonyl (C=O) groups is 2. The predicted molar refractivity (Wildman–Crippen MR) is 84.7 cm³/mol. The van der Waals surface area contributed by atoms with Crippen LogP contribution in [-0.4, -0.2) is 53.5 Å². The minimum Gasteiger partial charge on any atom is -0.361 e. The Kier molecular flexibility index (Phi) is 4.17. The number of amides is 2. The third-order valence-corrected chi connectivity index (χ3v) is 5.64. The van der Waals surface area contributed by atoms with Crippen molar-refractivity contribution in [2.45, 2.75) is 45.6 Å². The molecule has 1 saturated carbocycles. The Morgan fingerprint density at radius 1 is 1.35 bits per heavy atom. The summed E-state index contributed by atoms with van der Waals surface area (Å²) in [5.74, 6) is 2.01. The molecule has 1 saturated heterocycles. The number of fused-ring (bicyclic) bond motifs is 1. The van der Waals surface area contributed by atoms with E-state index in [1.54, 1.807) is 0 Å². The van der Waals surface area contributed by atoms with Crippen LogP contribution < -0.4 is 0 Å². The highest BCUT2D eigenvalue weighted by Crippen LogP contribution is 2.40. The number of hydrogen-bond acceptors (Lipinski definition) is 4. The van der Waals surface area contributed by atoms with Gasteiger partial charge in [0, 0.05) is 38.7 Å². The van der Waals surface area contributed by atoms with Crippen LogP contribution in [0.1, 0.15) is 36.3 Å². The van der Waals surface area contributed by atoms with E-state index in [-0.39, 0.29) is 17.9 Å². The minimum atomic E-state index is 0.0997. The van der Waals surface area contributed by atoms with E-state index in [1.807, 2.05) is 37.7 Å². The molecule has 2 aliphatic rings. The molecule has 2 amide bonds. The lowest BCUT2D eigenvalue weighted by Crippen LogP contribution is -2.40. The van der Waals surface area contributed by atoms with Crippen LogP contribution in [0.2, 0.25) is 0 Å². The van der Waals surface area contributed by atoms with Crippen molar-refractivity contribution in [2.75, 3.05) is 20.6 Å². The quantitative estimate of drug-likeness (QED) is 0.848. The van der Waals surface area contributed by atoms with E-state index in [9.17, 15) is 9.59 Å². The minimum absolute atomic E-state index is 0.0997. The van der Waals surface area contributed by atoms with Gasteiger partial charge in [-0.1, -0.05) is 5.16 Å². The lowest BCUT2D eigenvalue weighted by atomic mass is 9.88. The van der Waals surface area contributed by atoms with Gasteiger partial charge in [-0.3, -0.25) is 9.59 Å². The van der Waals surface area contributed by atoms with Gasteiger partial charge in [0.25, 0.3) is 0 Å². The van der Waals surface area contributed by atoms with Crippen molar-refractivity contribution in [1.82, 2.24) is 15.0 Å². The largest absolute Gasteiger partial charge is 0.361 e. The fourth-order valence-electron chi connectivity index (χ4n) is 4.04. The molecular weight excluding hydrogens is 294 g/mol. The Labute approximate surface area is 136 Å². The first kappa shape index (κ1) is 16.0. The number of nitrogens with zero attached hydrogens (tertiary/aromatic N) is 3. The van der Waals surface area contributed by atoms with Gasteiger partial charge < -0.3 is 14.3 Å². The maximum Gasteiger partial charge on any atom is 0.227 e. The zero-order valence-corrected chi connectivity index (χ0v) is 14.3. The standard InChI is InChI=1S/C17H25N3O3/c1-10-15(11(2)23-18-10)8-17(22)20(4)14-5-12-7-16(21)19(3)9-13(12)6-14/h12-14H,5-9H2,1-4H3/t12-,13+,14-/m0/s1. The average Bonchev–Trinajstić information content (AvgIpc) is 3.04. The van der Waals surface area contributed by atoms with Crippen molar-refractivity contribution in [2.24, 2.45) is 11.8 Å². The highest BCUT2D eigenvalue weighted by atomic mass is 16.5. The molecule has 0 spiro atoms. The third kappa shape index (κ3) is 2.99. The molecule has 2 fully saturated rings. The molecule has 23 heavy (non-hydrogen) atoms. The van der Waals surface area contributed by atoms with Crippen LogP contribution in [0.5, 0.6) is 0 Å². The molecule has 3 rings (SSSR count). The fourth-order valence-corrected chi connectivity index (χ4v) is 4.04. The smallest absolute Gasteiger partial charge is 0.227 e. The average molecular weight is 319 g/mol. The predicted octanol–water partition coefficient (Wildman–Crippen LogP) is 1.55. The number of likely N-dealkylation sites (tertiary alicyclic amines) is 1. The Balaban J connectivity index is 1.64. The summed E-state index contributed by atoms with van der Waals surface area (Å²) in [7, 11) is 3.76. The van der Waals surface area contributed by atoms with Gasteiger partial charge in [-0.2, -0.15) is 0 Å². The highest BCUT2D eigenvalue weighted by Gasteiger charge is 2.42. The normalized spacial score (nSPS) is 27.2. The van der Waals surface area contributed by atoms with Gasteiger partial charge in [0.1, 0.15) is 5.76 Å². The van der Waals surface area contributed by atoms with Crippen molar-refractivity contribution >= 4 is 11.8 Å². The zero-order valence-electron chi connectivity index (χ0n) is 14.3. The van der Waals surface area contributed by atoms with Crippen molar-refractivity contribution < 1.29 is 14.1 Å². The van der Waals surface area contributed by atoms with Crippen LogP contribution in [0.25, 0.3) is 0 Å². The zero-order chi connectivity index (χ0) is 16.7. The molecule has 1 aliphatic heterocycles. The Morgan fingerprint density at radius 2 is 2.04 bits per heavy atom. The molecule has 1 aromatic rings. The maximum atomic E-state index is 12.6. The second-order valence-electron chi connectivity index (χ2n) is 7.11. The van der Waals surface area contributed by atoms with Gasteiger partial charge in [-0.15, -0.1) is 0 Å². The first-order valence-electron chi connectivity index (χ1n) is 8.28. The van der Waals surface area contributed by atoms with E-state index in [1.165, 1.54) is 0 Å². The first-order valence-corrected chi connectivity index (χ1v) is 8.28. The summed E-state index contributed by atoms with van der Waals surface area (Å²) < 4.78 is 5.14. The number of hydrogen-bond donors (Lipinski definition) is 0. The van der Waals surface area contributed by atoms with Crippen LogP contribution in [0.4, 0.5) is 0 Å². The number of aryl methyl sites for hydroxylation is 2. The highest BCUT2D eigenvalue weighted by molar-refractivity contribution is 5.79. The van der Waals surface area contributed by atoms with Crippen LogP contribution in [0.3, 0.4) is 0 Å². The molecule has 0 aromatic carbocycles. The van der Waals surface area contributed by atoms with Gasteiger partial charge in [0.05, 0.1) is 12.1 Å². The lowest BCUT2D eigenvalue weighted by Gasteiger charge is -2.31. The summed E-state index contributed by atoms with van der Waals surface area (Å²) in [5.41, 5.74) is 1.68. The second-order valence-corrected chi connectivity index (χ2v) is 7.11. The monoisotopic (exact) mass is 319 g/mol. The lowest BCUT2D eigenvalue weighted by molar-refractivity contribution is -0.135. The van der Waals surface area contributed by atoms with Crippen LogP contribution >= 0.6 is 0 Å². The maximum absolute atomic E-state index is 12.6. The van der Waals surface area contributed by atoms with Crippen LogP contribution in [0.15, 0.2) is 4.52 Å². The molecule has 6 nitrogen and oxygen atoms in total. The molecule has 0 N–H and O–H groups in total. The molecule has 1 aromatic heterocycles. The molecule has 3 atom stereocenters. The number of piperidine rings is 1.